The van der Waals surface area contributed by atoms with Crippen molar-refractivity contribution in [1.29, 1.82) is 0 Å². The van der Waals surface area contributed by atoms with Gasteiger partial charge < -0.3 is 14.3 Å². The van der Waals surface area contributed by atoms with Crippen molar-refractivity contribution in [3.63, 3.8) is 0 Å². The third-order valence-corrected chi connectivity index (χ3v) is 3.08. The zero-order valence-corrected chi connectivity index (χ0v) is 11.5. The van der Waals surface area contributed by atoms with Gasteiger partial charge >= 0.3 is 0 Å². The van der Waals surface area contributed by atoms with Gasteiger partial charge in [-0.05, 0) is 19.1 Å². The van der Waals surface area contributed by atoms with Crippen LogP contribution in [0.4, 0.5) is 0 Å². The molecule has 5 nitrogen and oxygen atoms in total. The highest BCUT2D eigenvalue weighted by Gasteiger charge is 2.13. The Labute approximate surface area is 121 Å². The Morgan fingerprint density at radius 1 is 1.24 bits per heavy atom. The summed E-state index contributed by atoms with van der Waals surface area (Å²) in [7, 11) is 0. The standard InChI is InChI=1S/C16H14N2O3/c1-11-4-6-12(7-5-11)15-9-14(18-21-15)16(19)17-10-13-3-2-8-20-13/h2-9H,10H2,1H3,(H,17,19). The number of amides is 1. The third-order valence-electron chi connectivity index (χ3n) is 3.08. The summed E-state index contributed by atoms with van der Waals surface area (Å²) in [6.07, 6.45) is 1.56. The van der Waals surface area contributed by atoms with Gasteiger partial charge in [0.25, 0.3) is 5.91 Å². The largest absolute Gasteiger partial charge is 0.467 e. The molecule has 5 heteroatoms. The molecular formula is C16H14N2O3. The lowest BCUT2D eigenvalue weighted by Crippen LogP contribution is -2.22. The molecular weight excluding hydrogens is 268 g/mol. The molecule has 0 bridgehead atoms. The first kappa shape index (κ1) is 13.2. The van der Waals surface area contributed by atoms with E-state index in [1.165, 1.54) is 0 Å². The van der Waals surface area contributed by atoms with E-state index in [4.69, 9.17) is 8.94 Å². The first-order chi connectivity index (χ1) is 10.2. The zero-order chi connectivity index (χ0) is 14.7. The zero-order valence-electron chi connectivity index (χ0n) is 11.5. The number of hydrogen-bond donors (Lipinski definition) is 1. The number of benzene rings is 1. The molecule has 0 saturated heterocycles. The molecule has 1 aromatic carbocycles. The van der Waals surface area contributed by atoms with Crippen LogP contribution in [0.5, 0.6) is 0 Å². The van der Waals surface area contributed by atoms with Gasteiger partial charge in [-0.1, -0.05) is 35.0 Å². The number of nitrogens with zero attached hydrogens (tertiary/aromatic N) is 1. The molecule has 0 radical (unpaired) electrons. The summed E-state index contributed by atoms with van der Waals surface area (Å²) >= 11 is 0. The van der Waals surface area contributed by atoms with E-state index in [1.54, 1.807) is 24.5 Å². The highest BCUT2D eigenvalue weighted by atomic mass is 16.5. The van der Waals surface area contributed by atoms with Crippen molar-refractivity contribution >= 4 is 5.91 Å². The molecule has 0 aliphatic carbocycles. The lowest BCUT2D eigenvalue weighted by atomic mass is 10.1. The molecule has 0 unspecified atom stereocenters. The summed E-state index contributed by atoms with van der Waals surface area (Å²) in [5, 5.41) is 6.52. The van der Waals surface area contributed by atoms with Crippen molar-refractivity contribution in [3.8, 4) is 11.3 Å². The van der Waals surface area contributed by atoms with E-state index in [0.29, 0.717) is 18.1 Å². The fourth-order valence-electron chi connectivity index (χ4n) is 1.91. The fraction of sp³-hybridized carbons (Fsp3) is 0.125. The van der Waals surface area contributed by atoms with Gasteiger partial charge in [-0.3, -0.25) is 4.79 Å². The molecule has 3 rings (SSSR count). The molecule has 0 spiro atoms. The Bertz CT molecular complexity index is 727. The van der Waals surface area contributed by atoms with E-state index >= 15 is 0 Å². The highest BCUT2D eigenvalue weighted by molar-refractivity contribution is 5.92. The summed E-state index contributed by atoms with van der Waals surface area (Å²) in [4.78, 5) is 12.0. The second kappa shape index (κ2) is 5.66. The minimum Gasteiger partial charge on any atom is -0.467 e. The van der Waals surface area contributed by atoms with Gasteiger partial charge in [-0.25, -0.2) is 0 Å². The van der Waals surface area contributed by atoms with Crippen LogP contribution in [0.2, 0.25) is 0 Å². The van der Waals surface area contributed by atoms with Crippen LogP contribution in [0.25, 0.3) is 11.3 Å². The quantitative estimate of drug-likeness (QED) is 0.798. The molecule has 106 valence electrons. The average Bonchev–Trinajstić information content (AvgIpc) is 3.17. The van der Waals surface area contributed by atoms with E-state index in [0.717, 1.165) is 11.1 Å². The van der Waals surface area contributed by atoms with E-state index in [1.807, 2.05) is 31.2 Å². The Morgan fingerprint density at radius 3 is 2.76 bits per heavy atom. The summed E-state index contributed by atoms with van der Waals surface area (Å²) in [5.74, 6) is 0.956. The van der Waals surface area contributed by atoms with Crippen molar-refractivity contribution in [3.05, 3.63) is 65.7 Å². The van der Waals surface area contributed by atoms with Crippen LogP contribution in [0.3, 0.4) is 0 Å². The molecule has 3 aromatic rings. The van der Waals surface area contributed by atoms with Crippen molar-refractivity contribution in [1.82, 2.24) is 10.5 Å². The van der Waals surface area contributed by atoms with Gasteiger partial charge in [0.15, 0.2) is 11.5 Å². The van der Waals surface area contributed by atoms with E-state index in [-0.39, 0.29) is 11.6 Å². The predicted octanol–water partition coefficient (Wildman–Crippen LogP) is 3.17. The molecule has 2 heterocycles. The van der Waals surface area contributed by atoms with Crippen molar-refractivity contribution in [2.75, 3.05) is 0 Å². The van der Waals surface area contributed by atoms with Gasteiger partial charge in [0.2, 0.25) is 0 Å². The number of furan rings is 1. The summed E-state index contributed by atoms with van der Waals surface area (Å²) < 4.78 is 10.4. The van der Waals surface area contributed by atoms with Gasteiger partial charge in [0, 0.05) is 11.6 Å². The number of aromatic nitrogens is 1. The molecule has 0 atom stereocenters. The fourth-order valence-corrected chi connectivity index (χ4v) is 1.91. The van der Waals surface area contributed by atoms with Crippen LogP contribution in [-0.2, 0) is 6.54 Å². The number of nitrogens with one attached hydrogen (secondary N) is 1. The summed E-state index contributed by atoms with van der Waals surface area (Å²) in [6.45, 7) is 2.33. The minimum atomic E-state index is -0.298. The molecule has 0 saturated carbocycles. The van der Waals surface area contributed by atoms with Crippen molar-refractivity contribution in [2.24, 2.45) is 0 Å². The molecule has 1 amide bonds. The molecule has 0 aliphatic heterocycles. The molecule has 2 aromatic heterocycles. The second-order valence-electron chi connectivity index (χ2n) is 4.70. The van der Waals surface area contributed by atoms with Gasteiger partial charge in [0.1, 0.15) is 5.76 Å². The van der Waals surface area contributed by atoms with Crippen LogP contribution in [0, 0.1) is 6.92 Å². The van der Waals surface area contributed by atoms with Crippen LogP contribution < -0.4 is 5.32 Å². The lowest BCUT2D eigenvalue weighted by molar-refractivity contribution is 0.0939. The molecule has 0 aliphatic rings. The smallest absolute Gasteiger partial charge is 0.273 e. The van der Waals surface area contributed by atoms with Crippen LogP contribution in [0.1, 0.15) is 21.8 Å². The maximum Gasteiger partial charge on any atom is 0.273 e. The second-order valence-corrected chi connectivity index (χ2v) is 4.70. The Kier molecular flexibility index (Phi) is 3.55. The highest BCUT2D eigenvalue weighted by Crippen LogP contribution is 2.20. The Hall–Kier alpha value is -2.82. The average molecular weight is 282 g/mol. The maximum absolute atomic E-state index is 12.0. The number of rotatable bonds is 4. The Balaban J connectivity index is 1.69. The minimum absolute atomic E-state index is 0.247. The molecule has 0 fully saturated rings. The van der Waals surface area contributed by atoms with Gasteiger partial charge in [-0.15, -0.1) is 0 Å². The number of carbonyl (C=O) groups is 1. The van der Waals surface area contributed by atoms with E-state index in [9.17, 15) is 4.79 Å². The van der Waals surface area contributed by atoms with Gasteiger partial charge in [-0.2, -0.15) is 0 Å². The van der Waals surface area contributed by atoms with Gasteiger partial charge in [0.05, 0.1) is 12.8 Å². The van der Waals surface area contributed by atoms with Crippen LogP contribution >= 0.6 is 0 Å². The monoisotopic (exact) mass is 282 g/mol. The molecule has 1 N–H and O–H groups in total. The number of carbonyl (C=O) groups excluding carboxylic acids is 1. The predicted molar refractivity (Wildman–Crippen MR) is 76.6 cm³/mol. The van der Waals surface area contributed by atoms with E-state index in [2.05, 4.69) is 10.5 Å². The SMILES string of the molecule is Cc1ccc(-c2cc(C(=O)NCc3ccco3)no2)cc1. The first-order valence-corrected chi connectivity index (χ1v) is 6.57. The normalized spacial score (nSPS) is 10.5. The van der Waals surface area contributed by atoms with E-state index < -0.39 is 0 Å². The number of hydrogen-bond acceptors (Lipinski definition) is 4. The lowest BCUT2D eigenvalue weighted by Gasteiger charge is -1.98. The first-order valence-electron chi connectivity index (χ1n) is 6.57. The summed E-state index contributed by atoms with van der Waals surface area (Å²) in [5.41, 5.74) is 2.30. The number of aryl methyl sites for hydroxylation is 1. The van der Waals surface area contributed by atoms with Crippen LogP contribution in [-0.4, -0.2) is 11.1 Å². The molecule has 21 heavy (non-hydrogen) atoms. The summed E-state index contributed by atoms with van der Waals surface area (Å²) in [6, 6.07) is 13.0. The van der Waals surface area contributed by atoms with Crippen molar-refractivity contribution < 1.29 is 13.7 Å². The maximum atomic E-state index is 12.0. The van der Waals surface area contributed by atoms with Crippen molar-refractivity contribution in [2.45, 2.75) is 13.5 Å². The Morgan fingerprint density at radius 2 is 2.05 bits per heavy atom. The topological polar surface area (TPSA) is 68.3 Å². The third kappa shape index (κ3) is 3.02. The van der Waals surface area contributed by atoms with Crippen LogP contribution in [0.15, 0.2) is 57.7 Å².